The Kier molecular flexibility index (Phi) is 4.36. The summed E-state index contributed by atoms with van der Waals surface area (Å²) < 4.78 is 5.93. The molecule has 0 radical (unpaired) electrons. The molecule has 0 bridgehead atoms. The van der Waals surface area contributed by atoms with Gasteiger partial charge in [-0.05, 0) is 33.1 Å². The highest BCUT2D eigenvalue weighted by atomic mass is 16.5. The van der Waals surface area contributed by atoms with E-state index in [-0.39, 0.29) is 30.2 Å². The first-order valence-corrected chi connectivity index (χ1v) is 6.82. The van der Waals surface area contributed by atoms with Crippen LogP contribution >= 0.6 is 0 Å². The average Bonchev–Trinajstić information content (AvgIpc) is 2.86. The predicted octanol–water partition coefficient (Wildman–Crippen LogP) is 0.854. The zero-order valence-electron chi connectivity index (χ0n) is 12.1. The lowest BCUT2D eigenvalue weighted by atomic mass is 9.97. The van der Waals surface area contributed by atoms with Crippen LogP contribution in [-0.2, 0) is 16.1 Å². The van der Waals surface area contributed by atoms with E-state index in [0.717, 1.165) is 19.3 Å². The van der Waals surface area contributed by atoms with Crippen LogP contribution < -0.4 is 0 Å². The second-order valence-electron chi connectivity index (χ2n) is 5.22. The standard InChI is InChI=1S/C13H20N4O3/c1-9-5-4-6-10(2)17(9)12(18)8-16-7-11(14-15-16)13(19)20-3/h7,9-10H,4-6,8H2,1-3H3/t9-,10-/m0/s1. The zero-order valence-corrected chi connectivity index (χ0v) is 12.1. The summed E-state index contributed by atoms with van der Waals surface area (Å²) in [5, 5.41) is 7.48. The van der Waals surface area contributed by atoms with Gasteiger partial charge in [-0.25, -0.2) is 9.48 Å². The summed E-state index contributed by atoms with van der Waals surface area (Å²) in [4.78, 5) is 25.5. The van der Waals surface area contributed by atoms with E-state index in [1.54, 1.807) is 0 Å². The lowest BCUT2D eigenvalue weighted by Gasteiger charge is -2.39. The minimum atomic E-state index is -0.552. The summed E-state index contributed by atoms with van der Waals surface area (Å²) in [6.07, 6.45) is 4.65. The maximum atomic E-state index is 12.4. The van der Waals surface area contributed by atoms with Crippen molar-refractivity contribution in [2.75, 3.05) is 7.11 Å². The van der Waals surface area contributed by atoms with E-state index in [4.69, 9.17) is 0 Å². The highest BCUT2D eigenvalue weighted by molar-refractivity contribution is 5.86. The number of hydrogen-bond donors (Lipinski definition) is 0. The van der Waals surface area contributed by atoms with Crippen molar-refractivity contribution in [2.45, 2.75) is 51.7 Å². The summed E-state index contributed by atoms with van der Waals surface area (Å²) in [6.45, 7) is 4.22. The van der Waals surface area contributed by atoms with Crippen molar-refractivity contribution in [2.24, 2.45) is 0 Å². The fourth-order valence-corrected chi connectivity index (χ4v) is 2.71. The van der Waals surface area contributed by atoms with Crippen LogP contribution in [0.4, 0.5) is 0 Å². The van der Waals surface area contributed by atoms with Gasteiger partial charge >= 0.3 is 5.97 Å². The van der Waals surface area contributed by atoms with Gasteiger partial charge in [-0.15, -0.1) is 5.10 Å². The number of hydrogen-bond acceptors (Lipinski definition) is 5. The number of carbonyl (C=O) groups excluding carboxylic acids is 2. The summed E-state index contributed by atoms with van der Waals surface area (Å²) in [7, 11) is 1.28. The molecule has 2 heterocycles. The van der Waals surface area contributed by atoms with Crippen LogP contribution in [0.1, 0.15) is 43.6 Å². The van der Waals surface area contributed by atoms with Gasteiger partial charge in [0.25, 0.3) is 0 Å². The van der Waals surface area contributed by atoms with Gasteiger partial charge in [0.2, 0.25) is 5.91 Å². The minimum absolute atomic E-state index is 0.00557. The normalized spacial score (nSPS) is 22.6. The first-order valence-electron chi connectivity index (χ1n) is 6.82. The smallest absolute Gasteiger partial charge is 0.360 e. The molecule has 0 N–H and O–H groups in total. The van der Waals surface area contributed by atoms with E-state index in [9.17, 15) is 9.59 Å². The fourth-order valence-electron chi connectivity index (χ4n) is 2.71. The molecule has 7 heteroatoms. The van der Waals surface area contributed by atoms with Crippen LogP contribution in [0.5, 0.6) is 0 Å². The lowest BCUT2D eigenvalue weighted by molar-refractivity contribution is -0.138. The van der Waals surface area contributed by atoms with Crippen molar-refractivity contribution in [1.82, 2.24) is 19.9 Å². The molecule has 7 nitrogen and oxygen atoms in total. The summed E-state index contributed by atoms with van der Waals surface area (Å²) in [5.41, 5.74) is 0.111. The Bertz CT molecular complexity index is 490. The van der Waals surface area contributed by atoms with Crippen LogP contribution in [0.3, 0.4) is 0 Å². The molecule has 110 valence electrons. The molecule has 1 aromatic rings. The van der Waals surface area contributed by atoms with Gasteiger partial charge in [-0.3, -0.25) is 4.79 Å². The van der Waals surface area contributed by atoms with E-state index < -0.39 is 5.97 Å². The Labute approximate surface area is 117 Å². The SMILES string of the molecule is COC(=O)c1cn(CC(=O)N2[C@@H](C)CCC[C@@H]2C)nn1. The van der Waals surface area contributed by atoms with E-state index in [0.29, 0.717) is 0 Å². The molecule has 1 amide bonds. The van der Waals surface area contributed by atoms with E-state index in [1.165, 1.54) is 18.0 Å². The second-order valence-corrected chi connectivity index (χ2v) is 5.22. The molecule has 20 heavy (non-hydrogen) atoms. The molecule has 0 spiro atoms. The number of aromatic nitrogens is 3. The molecule has 1 aromatic heterocycles. The number of nitrogens with zero attached hydrogens (tertiary/aromatic N) is 4. The molecular formula is C13H20N4O3. The third-order valence-corrected chi connectivity index (χ3v) is 3.71. The molecule has 2 atom stereocenters. The molecule has 1 aliphatic heterocycles. The highest BCUT2D eigenvalue weighted by Gasteiger charge is 2.29. The first-order chi connectivity index (χ1) is 9.52. The van der Waals surface area contributed by atoms with Gasteiger partial charge in [-0.1, -0.05) is 5.21 Å². The maximum Gasteiger partial charge on any atom is 0.360 e. The molecule has 1 fully saturated rings. The van der Waals surface area contributed by atoms with Crippen LogP contribution in [0.15, 0.2) is 6.20 Å². The molecule has 1 saturated heterocycles. The highest BCUT2D eigenvalue weighted by Crippen LogP contribution is 2.22. The van der Waals surface area contributed by atoms with Crippen molar-refractivity contribution in [3.05, 3.63) is 11.9 Å². The minimum Gasteiger partial charge on any atom is -0.464 e. The number of rotatable bonds is 3. The maximum absolute atomic E-state index is 12.4. The largest absolute Gasteiger partial charge is 0.464 e. The zero-order chi connectivity index (χ0) is 14.7. The summed E-state index contributed by atoms with van der Waals surface area (Å²) >= 11 is 0. The third-order valence-electron chi connectivity index (χ3n) is 3.71. The Hall–Kier alpha value is -1.92. The quantitative estimate of drug-likeness (QED) is 0.767. The van der Waals surface area contributed by atoms with Crippen LogP contribution in [0.25, 0.3) is 0 Å². The first kappa shape index (κ1) is 14.5. The van der Waals surface area contributed by atoms with E-state index in [1.807, 2.05) is 4.90 Å². The van der Waals surface area contributed by atoms with Crippen molar-refractivity contribution in [3.63, 3.8) is 0 Å². The van der Waals surface area contributed by atoms with E-state index >= 15 is 0 Å². The Balaban J connectivity index is 2.03. The van der Waals surface area contributed by atoms with Gasteiger partial charge in [0.1, 0.15) is 6.54 Å². The monoisotopic (exact) mass is 280 g/mol. The molecule has 0 unspecified atom stereocenters. The number of likely N-dealkylation sites (tertiary alicyclic amines) is 1. The van der Waals surface area contributed by atoms with Crippen LogP contribution in [0, 0.1) is 0 Å². The lowest BCUT2D eigenvalue weighted by Crippen LogP contribution is -2.48. The predicted molar refractivity (Wildman–Crippen MR) is 71.0 cm³/mol. The third kappa shape index (κ3) is 2.97. The van der Waals surface area contributed by atoms with Gasteiger partial charge in [0, 0.05) is 12.1 Å². The van der Waals surface area contributed by atoms with Crippen molar-refractivity contribution < 1.29 is 14.3 Å². The van der Waals surface area contributed by atoms with Crippen LogP contribution in [0.2, 0.25) is 0 Å². The number of ether oxygens (including phenoxy) is 1. The van der Waals surface area contributed by atoms with Crippen molar-refractivity contribution in [1.29, 1.82) is 0 Å². The fraction of sp³-hybridized carbons (Fsp3) is 0.692. The number of methoxy groups -OCH3 is 1. The molecule has 0 aromatic carbocycles. The number of amides is 1. The topological polar surface area (TPSA) is 77.3 Å². The van der Waals surface area contributed by atoms with Gasteiger partial charge in [0.15, 0.2) is 5.69 Å². The Morgan fingerprint density at radius 2 is 2.00 bits per heavy atom. The molecule has 1 aliphatic rings. The molecule has 0 saturated carbocycles. The molecule has 2 rings (SSSR count). The average molecular weight is 280 g/mol. The number of esters is 1. The van der Waals surface area contributed by atoms with Crippen molar-refractivity contribution >= 4 is 11.9 Å². The van der Waals surface area contributed by atoms with Crippen molar-refractivity contribution in [3.8, 4) is 0 Å². The Morgan fingerprint density at radius 3 is 2.60 bits per heavy atom. The van der Waals surface area contributed by atoms with Gasteiger partial charge < -0.3 is 9.64 Å². The molecule has 0 aliphatic carbocycles. The van der Waals surface area contributed by atoms with E-state index in [2.05, 4.69) is 28.9 Å². The van der Waals surface area contributed by atoms with Crippen LogP contribution in [-0.4, -0.2) is 51.0 Å². The van der Waals surface area contributed by atoms with Gasteiger partial charge in [0.05, 0.1) is 13.3 Å². The molecular weight excluding hydrogens is 260 g/mol. The summed E-state index contributed by atoms with van der Waals surface area (Å²) in [5.74, 6) is -0.547. The van der Waals surface area contributed by atoms with Gasteiger partial charge in [-0.2, -0.15) is 0 Å². The second kappa shape index (κ2) is 6.02. The number of carbonyl (C=O) groups is 2. The summed E-state index contributed by atoms with van der Waals surface area (Å²) in [6, 6.07) is 0.490. The Morgan fingerprint density at radius 1 is 1.35 bits per heavy atom. The number of piperidine rings is 1.